The highest BCUT2D eigenvalue weighted by Crippen LogP contribution is 2.26. The Bertz CT molecular complexity index is 561. The number of nitrogens with zero attached hydrogens (tertiary/aromatic N) is 2. The number of hydrogen-bond acceptors (Lipinski definition) is 4. The van der Waals surface area contributed by atoms with Gasteiger partial charge in [-0.3, -0.25) is 15.0 Å². The minimum Gasteiger partial charge on any atom is -0.276 e. The van der Waals surface area contributed by atoms with Crippen molar-refractivity contribution in [3.8, 4) is 0 Å². The highest BCUT2D eigenvalue weighted by Gasteiger charge is 2.30. The minimum absolute atomic E-state index is 0.0439. The molecule has 2 heterocycles. The number of anilines is 1. The van der Waals surface area contributed by atoms with Gasteiger partial charge in [-0.25, -0.2) is 9.78 Å². The number of hydrogen-bond donors (Lipinski definition) is 1. The van der Waals surface area contributed by atoms with Crippen molar-refractivity contribution in [3.05, 3.63) is 29.3 Å². The van der Waals surface area contributed by atoms with E-state index < -0.39 is 6.03 Å². The standard InChI is InChI=1S/C13H15N3O2S.C2H6/c1-3-5-9(6-4-2)10-8-19-13(14-10)16-7-11(17)15-12(16)18;1-2/h3,5-6,8H,4,7H2,1-2H3,(H,15,17,18);1-2H3/b5-3-,9-6+;. The summed E-state index contributed by atoms with van der Waals surface area (Å²) in [7, 11) is 0. The molecule has 21 heavy (non-hydrogen) atoms. The maximum absolute atomic E-state index is 11.5. The Hall–Kier alpha value is -1.95. The summed E-state index contributed by atoms with van der Waals surface area (Å²) in [5.74, 6) is -0.292. The van der Waals surface area contributed by atoms with Crippen LogP contribution in [0.1, 0.15) is 39.8 Å². The molecule has 0 aromatic carbocycles. The summed E-state index contributed by atoms with van der Waals surface area (Å²) in [5.41, 5.74) is 1.85. The lowest BCUT2D eigenvalue weighted by molar-refractivity contribution is -0.117. The molecule has 0 aliphatic carbocycles. The van der Waals surface area contributed by atoms with Crippen molar-refractivity contribution in [2.45, 2.75) is 34.1 Å². The molecule has 1 aliphatic heterocycles. The Labute approximate surface area is 129 Å². The molecule has 114 valence electrons. The van der Waals surface area contributed by atoms with Gasteiger partial charge < -0.3 is 0 Å². The van der Waals surface area contributed by atoms with Crippen LogP contribution in [0, 0.1) is 0 Å². The van der Waals surface area contributed by atoms with Crippen LogP contribution in [0.2, 0.25) is 0 Å². The number of amides is 3. The van der Waals surface area contributed by atoms with E-state index in [1.807, 2.05) is 38.3 Å². The van der Waals surface area contributed by atoms with Gasteiger partial charge in [0.2, 0.25) is 5.91 Å². The molecule has 6 heteroatoms. The fourth-order valence-corrected chi connectivity index (χ4v) is 2.61. The Kier molecular flexibility index (Phi) is 6.81. The van der Waals surface area contributed by atoms with E-state index >= 15 is 0 Å². The summed E-state index contributed by atoms with van der Waals surface area (Å²) in [6.07, 6.45) is 6.92. The van der Waals surface area contributed by atoms with E-state index in [0.717, 1.165) is 17.7 Å². The van der Waals surface area contributed by atoms with Crippen LogP contribution in [0.15, 0.2) is 23.6 Å². The van der Waals surface area contributed by atoms with Crippen LogP contribution in [0.4, 0.5) is 9.93 Å². The van der Waals surface area contributed by atoms with Crippen molar-refractivity contribution in [2.24, 2.45) is 0 Å². The highest BCUT2D eigenvalue weighted by atomic mass is 32.1. The lowest BCUT2D eigenvalue weighted by atomic mass is 10.1. The summed E-state index contributed by atoms with van der Waals surface area (Å²) in [6.45, 7) is 8.05. The lowest BCUT2D eigenvalue weighted by Gasteiger charge is -2.07. The van der Waals surface area contributed by atoms with Crippen molar-refractivity contribution >= 4 is 34.0 Å². The van der Waals surface area contributed by atoms with Crippen LogP contribution in [0.25, 0.3) is 5.57 Å². The van der Waals surface area contributed by atoms with Gasteiger partial charge in [-0.1, -0.05) is 39.0 Å². The lowest BCUT2D eigenvalue weighted by Crippen LogP contribution is -2.27. The average Bonchev–Trinajstić information content (AvgIpc) is 3.07. The third kappa shape index (κ3) is 4.26. The van der Waals surface area contributed by atoms with Gasteiger partial charge >= 0.3 is 6.03 Å². The fraction of sp³-hybridized carbons (Fsp3) is 0.400. The monoisotopic (exact) mass is 307 g/mol. The van der Waals surface area contributed by atoms with Crippen molar-refractivity contribution in [2.75, 3.05) is 11.4 Å². The normalized spacial score (nSPS) is 15.2. The number of nitrogens with one attached hydrogen (secondary N) is 1. The summed E-state index contributed by atoms with van der Waals surface area (Å²) in [6, 6.07) is -0.405. The van der Waals surface area contributed by atoms with E-state index in [4.69, 9.17) is 0 Å². The molecular formula is C15H21N3O2S. The maximum atomic E-state index is 11.5. The van der Waals surface area contributed by atoms with E-state index in [2.05, 4.69) is 23.3 Å². The minimum atomic E-state index is -0.405. The van der Waals surface area contributed by atoms with Crippen molar-refractivity contribution < 1.29 is 9.59 Å². The number of carbonyl (C=O) groups is 2. The van der Waals surface area contributed by atoms with E-state index in [9.17, 15) is 9.59 Å². The third-order valence-corrected chi connectivity index (χ3v) is 3.45. The number of urea groups is 1. The quantitative estimate of drug-likeness (QED) is 0.683. The summed E-state index contributed by atoms with van der Waals surface area (Å²) in [4.78, 5) is 28.5. The van der Waals surface area contributed by atoms with Crippen LogP contribution < -0.4 is 10.2 Å². The second kappa shape index (κ2) is 8.36. The predicted molar refractivity (Wildman–Crippen MR) is 87.4 cm³/mol. The van der Waals surface area contributed by atoms with Gasteiger partial charge in [0.1, 0.15) is 6.54 Å². The average molecular weight is 307 g/mol. The van der Waals surface area contributed by atoms with Crippen molar-refractivity contribution in [3.63, 3.8) is 0 Å². The van der Waals surface area contributed by atoms with Crippen LogP contribution in [-0.2, 0) is 4.79 Å². The number of rotatable bonds is 4. The first-order valence-corrected chi connectivity index (χ1v) is 7.93. The zero-order valence-electron chi connectivity index (χ0n) is 12.8. The van der Waals surface area contributed by atoms with Gasteiger partial charge in [-0.15, -0.1) is 11.3 Å². The predicted octanol–water partition coefficient (Wildman–Crippen LogP) is 3.60. The molecule has 1 aromatic heterocycles. The molecule has 2 rings (SSSR count). The Morgan fingerprint density at radius 1 is 1.48 bits per heavy atom. The molecule has 1 N–H and O–H groups in total. The number of thiazole rings is 1. The van der Waals surface area contributed by atoms with Gasteiger partial charge in [0.25, 0.3) is 0 Å². The number of carbonyl (C=O) groups excluding carboxylic acids is 2. The van der Waals surface area contributed by atoms with E-state index in [1.54, 1.807) is 0 Å². The molecule has 1 fully saturated rings. The molecule has 5 nitrogen and oxygen atoms in total. The first-order valence-electron chi connectivity index (χ1n) is 7.05. The molecule has 0 atom stereocenters. The Morgan fingerprint density at radius 2 is 2.19 bits per heavy atom. The summed E-state index contributed by atoms with van der Waals surface area (Å²) < 4.78 is 0. The maximum Gasteiger partial charge on any atom is 0.330 e. The molecular weight excluding hydrogens is 286 g/mol. The molecule has 0 bridgehead atoms. The summed E-state index contributed by atoms with van der Waals surface area (Å²) in [5, 5.41) is 4.68. The van der Waals surface area contributed by atoms with Crippen LogP contribution in [-0.4, -0.2) is 23.5 Å². The van der Waals surface area contributed by atoms with Gasteiger partial charge in [0.05, 0.1) is 5.69 Å². The third-order valence-electron chi connectivity index (χ3n) is 2.58. The first kappa shape index (κ1) is 17.1. The second-order valence-electron chi connectivity index (χ2n) is 4.02. The molecule has 1 aromatic rings. The summed E-state index contributed by atoms with van der Waals surface area (Å²) >= 11 is 1.36. The SMILES string of the molecule is C/C=C\C(=C/CC)c1csc(N2CC(=O)NC2=O)n1.CC. The fourth-order valence-electron chi connectivity index (χ4n) is 1.77. The van der Waals surface area contributed by atoms with Gasteiger partial charge in [-0.05, 0) is 18.9 Å². The van der Waals surface area contributed by atoms with Crippen molar-refractivity contribution in [1.82, 2.24) is 10.3 Å². The van der Waals surface area contributed by atoms with E-state index in [0.29, 0.717) is 5.13 Å². The number of aromatic nitrogens is 1. The van der Waals surface area contributed by atoms with Crippen molar-refractivity contribution in [1.29, 1.82) is 0 Å². The van der Waals surface area contributed by atoms with Gasteiger partial charge in [0, 0.05) is 5.38 Å². The topological polar surface area (TPSA) is 62.3 Å². The van der Waals surface area contributed by atoms with E-state index in [1.165, 1.54) is 16.2 Å². The largest absolute Gasteiger partial charge is 0.330 e. The zero-order chi connectivity index (χ0) is 15.8. The highest BCUT2D eigenvalue weighted by molar-refractivity contribution is 7.14. The number of allylic oxidation sites excluding steroid dienone is 4. The van der Waals surface area contributed by atoms with Crippen LogP contribution in [0.5, 0.6) is 0 Å². The molecule has 0 spiro atoms. The molecule has 3 amide bonds. The van der Waals surface area contributed by atoms with Gasteiger partial charge in [-0.2, -0.15) is 0 Å². The Balaban J connectivity index is 0.00000106. The zero-order valence-corrected chi connectivity index (χ0v) is 13.7. The number of imide groups is 1. The van der Waals surface area contributed by atoms with Crippen LogP contribution in [0.3, 0.4) is 0 Å². The molecule has 1 aliphatic rings. The van der Waals surface area contributed by atoms with Crippen LogP contribution >= 0.6 is 11.3 Å². The molecule has 0 saturated carbocycles. The van der Waals surface area contributed by atoms with E-state index in [-0.39, 0.29) is 12.5 Å². The second-order valence-corrected chi connectivity index (χ2v) is 4.86. The first-order chi connectivity index (χ1) is 10.2. The van der Waals surface area contributed by atoms with Gasteiger partial charge in [0.15, 0.2) is 5.13 Å². The molecule has 0 unspecified atom stereocenters. The Morgan fingerprint density at radius 3 is 2.71 bits per heavy atom. The molecule has 1 saturated heterocycles. The molecule has 0 radical (unpaired) electrons. The smallest absolute Gasteiger partial charge is 0.276 e.